The van der Waals surface area contributed by atoms with Crippen molar-refractivity contribution in [1.29, 1.82) is 0 Å². The first-order valence-electron chi connectivity index (χ1n) is 18.1. The van der Waals surface area contributed by atoms with Crippen LogP contribution in [0.15, 0.2) is 0 Å². The fraction of sp³-hybridized carbons (Fsp3) is 0.730. The first-order chi connectivity index (χ1) is 24.8. The van der Waals surface area contributed by atoms with Crippen LogP contribution < -0.4 is 10.1 Å². The molecule has 2 aliphatic rings. The molecule has 53 heavy (non-hydrogen) atoms. The molecular formula is C37H55F5N4O7. The van der Waals surface area contributed by atoms with E-state index in [2.05, 4.69) is 5.32 Å². The van der Waals surface area contributed by atoms with Gasteiger partial charge in [0, 0.05) is 26.8 Å². The molecule has 0 spiro atoms. The molecule has 300 valence electrons. The number of rotatable bonds is 16. The van der Waals surface area contributed by atoms with Crippen LogP contribution in [0.25, 0.3) is 0 Å². The second kappa shape index (κ2) is 18.4. The van der Waals surface area contributed by atoms with Crippen LogP contribution in [0.5, 0.6) is 5.75 Å². The van der Waals surface area contributed by atoms with Gasteiger partial charge in [-0.1, -0.05) is 34.1 Å². The van der Waals surface area contributed by atoms with E-state index in [9.17, 15) is 41.1 Å². The highest BCUT2D eigenvalue weighted by Crippen LogP contribution is 2.34. The number of imide groups is 1. The Morgan fingerprint density at radius 2 is 1.51 bits per heavy atom. The maximum Gasteiger partial charge on any atom is 0.316 e. The summed E-state index contributed by atoms with van der Waals surface area (Å²) in [5.41, 5.74) is -0.808. The van der Waals surface area contributed by atoms with Crippen molar-refractivity contribution in [2.24, 2.45) is 17.8 Å². The van der Waals surface area contributed by atoms with Gasteiger partial charge in [-0.05, 0) is 72.0 Å². The Morgan fingerprint density at radius 3 is 2.00 bits per heavy atom. The zero-order chi connectivity index (χ0) is 40.1. The standard InChI is InChI=1S/C37H55F5N4O7/c1-11-20(4)31(45(8)30(19(2)3)34(48)43-36(50)37(6)15-13-16-44(37)7)23(51-9)18-24(47)46-17-12-14-22(46)32(52-10)21(5)35(49)53-33-28(41)26(39)25(38)27(40)29(33)42/h19-23,30-32H,11-18H2,1-10H3,(H,43,48,50)/t20?,21-,22+,23-,30+,31?,32-,37-/m1/s1. The molecule has 3 amide bonds. The average molecular weight is 763 g/mol. The van der Waals surface area contributed by atoms with Gasteiger partial charge in [0.1, 0.15) is 0 Å². The van der Waals surface area contributed by atoms with Crippen molar-refractivity contribution in [3.63, 3.8) is 0 Å². The van der Waals surface area contributed by atoms with Gasteiger partial charge in [-0.3, -0.25) is 34.3 Å². The zero-order valence-corrected chi connectivity index (χ0v) is 32.4. The van der Waals surface area contributed by atoms with Crippen molar-refractivity contribution in [2.45, 2.75) is 116 Å². The first kappa shape index (κ1) is 44.2. The van der Waals surface area contributed by atoms with Crippen LogP contribution in [-0.4, -0.2) is 116 Å². The molecule has 2 aliphatic heterocycles. The Labute approximate surface area is 308 Å². The molecule has 0 aromatic heterocycles. The third-order valence-electron chi connectivity index (χ3n) is 11.3. The maximum atomic E-state index is 14.3. The first-order valence-corrected chi connectivity index (χ1v) is 18.1. The normalized spacial score (nSPS) is 22.8. The van der Waals surface area contributed by atoms with Crippen LogP contribution in [0.3, 0.4) is 0 Å². The topological polar surface area (TPSA) is 118 Å². The molecule has 2 fully saturated rings. The lowest BCUT2D eigenvalue weighted by Gasteiger charge is -2.43. The summed E-state index contributed by atoms with van der Waals surface area (Å²) in [6.07, 6.45) is 1.14. The number of halogens is 5. The lowest BCUT2D eigenvalue weighted by molar-refractivity contribution is -0.150. The Hall–Kier alpha value is -3.21. The van der Waals surface area contributed by atoms with Crippen LogP contribution in [0.4, 0.5) is 22.0 Å². The van der Waals surface area contributed by atoms with E-state index >= 15 is 0 Å². The highest BCUT2D eigenvalue weighted by Gasteiger charge is 2.46. The van der Waals surface area contributed by atoms with Gasteiger partial charge in [0.25, 0.3) is 0 Å². The lowest BCUT2D eigenvalue weighted by Crippen LogP contribution is -2.61. The second-order valence-corrected chi connectivity index (χ2v) is 14.9. The molecule has 0 saturated carbocycles. The molecule has 11 nitrogen and oxygen atoms in total. The van der Waals surface area contributed by atoms with E-state index in [4.69, 9.17) is 14.2 Å². The number of ether oxygens (including phenoxy) is 3. The molecular weight excluding hydrogens is 707 g/mol. The minimum absolute atomic E-state index is 0.0706. The van der Waals surface area contributed by atoms with Crippen LogP contribution >= 0.6 is 0 Å². The van der Waals surface area contributed by atoms with Gasteiger partial charge >= 0.3 is 5.97 Å². The summed E-state index contributed by atoms with van der Waals surface area (Å²) in [4.78, 5) is 59.6. The van der Waals surface area contributed by atoms with Gasteiger partial charge in [0.2, 0.25) is 52.6 Å². The van der Waals surface area contributed by atoms with E-state index in [-0.39, 0.29) is 36.6 Å². The third kappa shape index (κ3) is 9.19. The number of likely N-dealkylation sites (N-methyl/N-ethyl adjacent to an activating group) is 2. The van der Waals surface area contributed by atoms with Crippen molar-refractivity contribution in [3.05, 3.63) is 29.1 Å². The fourth-order valence-electron chi connectivity index (χ4n) is 7.89. The number of benzene rings is 1. The molecule has 3 rings (SSSR count). The van der Waals surface area contributed by atoms with Crippen molar-refractivity contribution in [2.75, 3.05) is 41.4 Å². The van der Waals surface area contributed by atoms with Crippen LogP contribution in [0.2, 0.25) is 0 Å². The molecule has 1 aromatic carbocycles. The summed E-state index contributed by atoms with van der Waals surface area (Å²) in [6, 6.07) is -1.91. The Balaban J connectivity index is 1.82. The lowest BCUT2D eigenvalue weighted by atomic mass is 9.87. The molecule has 2 saturated heterocycles. The van der Waals surface area contributed by atoms with Crippen LogP contribution in [-0.2, 0) is 28.7 Å². The van der Waals surface area contributed by atoms with E-state index in [0.29, 0.717) is 25.7 Å². The second-order valence-electron chi connectivity index (χ2n) is 14.9. The number of methoxy groups -OCH3 is 2. The third-order valence-corrected chi connectivity index (χ3v) is 11.3. The minimum atomic E-state index is -2.39. The Kier molecular flexibility index (Phi) is 15.4. The minimum Gasteiger partial charge on any atom is -0.420 e. The number of carbonyl (C=O) groups is 4. The molecule has 1 N–H and O–H groups in total. The Bertz CT molecular complexity index is 1470. The molecule has 2 unspecified atom stereocenters. The van der Waals surface area contributed by atoms with Gasteiger partial charge in [0.15, 0.2) is 0 Å². The van der Waals surface area contributed by atoms with E-state index in [1.54, 1.807) is 7.05 Å². The number of carbonyl (C=O) groups excluding carboxylic acids is 4. The summed E-state index contributed by atoms with van der Waals surface area (Å²) < 4.78 is 85.9. The summed E-state index contributed by atoms with van der Waals surface area (Å²) in [5.74, 6) is -17.3. The Morgan fingerprint density at radius 1 is 0.925 bits per heavy atom. The highest BCUT2D eigenvalue weighted by atomic mass is 19.2. The number of nitrogens with zero attached hydrogens (tertiary/aromatic N) is 3. The molecule has 0 aliphatic carbocycles. The molecule has 16 heteroatoms. The molecule has 8 atom stereocenters. The van der Waals surface area contributed by atoms with E-state index < -0.39 is 88.5 Å². The van der Waals surface area contributed by atoms with E-state index in [1.165, 1.54) is 26.0 Å². The zero-order valence-electron chi connectivity index (χ0n) is 32.4. The molecule has 0 bridgehead atoms. The number of likely N-dealkylation sites (tertiary alicyclic amines) is 2. The average Bonchev–Trinajstić information content (AvgIpc) is 3.74. The predicted molar refractivity (Wildman–Crippen MR) is 185 cm³/mol. The summed E-state index contributed by atoms with van der Waals surface area (Å²) >= 11 is 0. The van der Waals surface area contributed by atoms with Gasteiger partial charge in [0.05, 0.1) is 42.2 Å². The van der Waals surface area contributed by atoms with Gasteiger partial charge in [-0.2, -0.15) is 8.78 Å². The van der Waals surface area contributed by atoms with Crippen molar-refractivity contribution >= 4 is 23.7 Å². The maximum absolute atomic E-state index is 14.3. The van der Waals surface area contributed by atoms with E-state index in [1.807, 2.05) is 51.5 Å². The van der Waals surface area contributed by atoms with Gasteiger partial charge in [-0.25, -0.2) is 13.2 Å². The summed E-state index contributed by atoms with van der Waals surface area (Å²) in [6.45, 7) is 11.9. The summed E-state index contributed by atoms with van der Waals surface area (Å²) in [7, 11) is 6.38. The van der Waals surface area contributed by atoms with Gasteiger partial charge in [-0.15, -0.1) is 0 Å². The smallest absolute Gasteiger partial charge is 0.316 e. The van der Waals surface area contributed by atoms with Crippen molar-refractivity contribution in [1.82, 2.24) is 20.0 Å². The number of hydrogen-bond acceptors (Lipinski definition) is 9. The number of esters is 1. The van der Waals surface area contributed by atoms with Crippen LogP contribution in [0.1, 0.15) is 80.1 Å². The molecule has 1 aromatic rings. The monoisotopic (exact) mass is 762 g/mol. The quantitative estimate of drug-likeness (QED) is 0.0832. The van der Waals surface area contributed by atoms with Crippen LogP contribution in [0, 0.1) is 46.8 Å². The van der Waals surface area contributed by atoms with E-state index in [0.717, 1.165) is 13.0 Å². The number of amides is 3. The number of nitrogens with one attached hydrogen (secondary N) is 1. The molecule has 2 heterocycles. The molecule has 0 radical (unpaired) electrons. The largest absolute Gasteiger partial charge is 0.420 e. The predicted octanol–water partition coefficient (Wildman–Crippen LogP) is 4.83. The van der Waals surface area contributed by atoms with Gasteiger partial charge < -0.3 is 19.1 Å². The number of hydrogen-bond donors (Lipinski definition) is 1. The highest BCUT2D eigenvalue weighted by molar-refractivity contribution is 6.02. The van der Waals surface area contributed by atoms with Crippen molar-refractivity contribution < 1.29 is 55.3 Å². The SMILES string of the molecule is CCC(C)C([C@@H](CC(=O)N1CCC[C@H]1[C@H](OC)[C@@H](C)C(=O)Oc1c(F)c(F)c(F)c(F)c1F)OC)N(C)[C@H](C(=O)NC(=O)[C@@]1(C)CCCN1C)C(C)C. The fourth-order valence-corrected chi connectivity index (χ4v) is 7.89. The van der Waals surface area contributed by atoms with Crippen molar-refractivity contribution in [3.8, 4) is 5.75 Å². The summed E-state index contributed by atoms with van der Waals surface area (Å²) in [5, 5.41) is 2.66.